The molecule has 0 aliphatic carbocycles. The van der Waals surface area contributed by atoms with Crippen LogP contribution in [0.4, 0.5) is 8.78 Å². The van der Waals surface area contributed by atoms with E-state index in [-0.39, 0.29) is 36.4 Å². The van der Waals surface area contributed by atoms with Crippen LogP contribution in [0.25, 0.3) is 22.8 Å². The highest BCUT2D eigenvalue weighted by Crippen LogP contribution is 2.35. The summed E-state index contributed by atoms with van der Waals surface area (Å²) < 4.78 is 47.9. The van der Waals surface area contributed by atoms with Crippen molar-refractivity contribution < 1.29 is 27.2 Å². The number of nitrogens with zero attached hydrogens (tertiary/aromatic N) is 4. The number of hydrogen-bond acceptors (Lipinski definition) is 8. The molecule has 0 saturated carbocycles. The molecule has 3 heterocycles. The molecule has 10 heteroatoms. The molecular weight excluding hydrogens is 374 g/mol. The molecule has 8 nitrogen and oxygen atoms in total. The molecule has 2 aromatic heterocycles. The lowest BCUT2D eigenvalue weighted by molar-refractivity contribution is 0.174. The van der Waals surface area contributed by atoms with Gasteiger partial charge in [0.2, 0.25) is 30.3 Å². The zero-order chi connectivity index (χ0) is 19.1. The van der Waals surface area contributed by atoms with Gasteiger partial charge >= 0.3 is 0 Å². The minimum Gasteiger partial charge on any atom is -0.454 e. The van der Waals surface area contributed by atoms with E-state index < -0.39 is 11.6 Å². The zero-order valence-electron chi connectivity index (χ0n) is 14.1. The Kier molecular flexibility index (Phi) is 3.75. The summed E-state index contributed by atoms with van der Waals surface area (Å²) in [6.45, 7) is 0.172. The molecule has 0 unspecified atom stereocenters. The van der Waals surface area contributed by atoms with Crippen molar-refractivity contribution in [2.75, 3.05) is 6.79 Å². The number of halogens is 2. The number of fused-ring (bicyclic) bond motifs is 1. The molecule has 2 aromatic carbocycles. The number of ether oxygens (including phenoxy) is 2. The van der Waals surface area contributed by atoms with Crippen molar-refractivity contribution in [3.8, 4) is 34.3 Å². The van der Waals surface area contributed by atoms with Gasteiger partial charge in [-0.05, 0) is 30.3 Å². The highest BCUT2D eigenvalue weighted by atomic mass is 19.1. The predicted octanol–water partition coefficient (Wildman–Crippen LogP) is 3.38. The molecule has 140 valence electrons. The van der Waals surface area contributed by atoms with E-state index in [9.17, 15) is 8.78 Å². The first-order chi connectivity index (χ1) is 13.6. The molecule has 0 amide bonds. The second-order valence-corrected chi connectivity index (χ2v) is 5.92. The lowest BCUT2D eigenvalue weighted by atomic mass is 10.2. The van der Waals surface area contributed by atoms with Crippen molar-refractivity contribution in [1.82, 2.24) is 20.3 Å². The number of aromatic nitrogens is 4. The highest BCUT2D eigenvalue weighted by molar-refractivity contribution is 5.61. The quantitative estimate of drug-likeness (QED) is 0.528. The monoisotopic (exact) mass is 384 g/mol. The SMILES string of the molecule is Fc1cc(F)cc(-c2nnc(Cc3nc(-c4ccc5c(c4)OCO5)no3)o2)c1. The van der Waals surface area contributed by atoms with Gasteiger partial charge in [-0.1, -0.05) is 5.16 Å². The highest BCUT2D eigenvalue weighted by Gasteiger charge is 2.18. The lowest BCUT2D eigenvalue weighted by Gasteiger charge is -1.97. The molecule has 0 N–H and O–H groups in total. The summed E-state index contributed by atoms with van der Waals surface area (Å²) in [5, 5.41) is 11.6. The first kappa shape index (κ1) is 16.4. The summed E-state index contributed by atoms with van der Waals surface area (Å²) in [6.07, 6.45) is 0.0718. The lowest BCUT2D eigenvalue weighted by Crippen LogP contribution is -1.92. The van der Waals surface area contributed by atoms with Crippen molar-refractivity contribution in [2.45, 2.75) is 6.42 Å². The second-order valence-electron chi connectivity index (χ2n) is 5.92. The van der Waals surface area contributed by atoms with Crippen LogP contribution >= 0.6 is 0 Å². The Hall–Kier alpha value is -3.82. The Morgan fingerprint density at radius 1 is 0.857 bits per heavy atom. The molecular formula is C18H10F2N4O4. The average molecular weight is 384 g/mol. The van der Waals surface area contributed by atoms with Gasteiger partial charge in [0, 0.05) is 17.2 Å². The van der Waals surface area contributed by atoms with E-state index in [1.807, 2.05) is 0 Å². The molecule has 1 aliphatic heterocycles. The van der Waals surface area contributed by atoms with Gasteiger partial charge in [0.05, 0.1) is 0 Å². The summed E-state index contributed by atoms with van der Waals surface area (Å²) in [6, 6.07) is 8.26. The van der Waals surface area contributed by atoms with Crippen LogP contribution < -0.4 is 9.47 Å². The summed E-state index contributed by atoms with van der Waals surface area (Å²) in [7, 11) is 0. The molecule has 5 rings (SSSR count). The normalized spacial score (nSPS) is 12.5. The third kappa shape index (κ3) is 3.04. The van der Waals surface area contributed by atoms with E-state index in [0.717, 1.165) is 18.2 Å². The Morgan fingerprint density at radius 3 is 2.54 bits per heavy atom. The topological polar surface area (TPSA) is 96.3 Å². The van der Waals surface area contributed by atoms with E-state index in [2.05, 4.69) is 20.3 Å². The van der Waals surface area contributed by atoms with Crippen LogP contribution in [-0.4, -0.2) is 27.1 Å². The first-order valence-electron chi connectivity index (χ1n) is 8.15. The number of rotatable bonds is 4. The molecule has 0 fully saturated rings. The van der Waals surface area contributed by atoms with Gasteiger partial charge in [0.25, 0.3) is 0 Å². The van der Waals surface area contributed by atoms with Crippen molar-refractivity contribution in [1.29, 1.82) is 0 Å². The summed E-state index contributed by atoms with van der Waals surface area (Å²) in [4.78, 5) is 4.29. The van der Waals surface area contributed by atoms with Crippen LogP contribution in [0.5, 0.6) is 11.5 Å². The first-order valence-corrected chi connectivity index (χ1v) is 8.15. The molecule has 0 radical (unpaired) electrons. The Labute approximate surface area is 155 Å². The van der Waals surface area contributed by atoms with Crippen LogP contribution in [0.1, 0.15) is 11.8 Å². The van der Waals surface area contributed by atoms with Crippen LogP contribution in [0.2, 0.25) is 0 Å². The van der Waals surface area contributed by atoms with Crippen LogP contribution in [0.15, 0.2) is 45.3 Å². The van der Waals surface area contributed by atoms with Gasteiger partial charge in [-0.15, -0.1) is 10.2 Å². The van der Waals surface area contributed by atoms with Crippen LogP contribution in [0.3, 0.4) is 0 Å². The molecule has 0 saturated heterocycles. The Morgan fingerprint density at radius 2 is 1.68 bits per heavy atom. The van der Waals surface area contributed by atoms with Crippen molar-refractivity contribution in [2.24, 2.45) is 0 Å². The van der Waals surface area contributed by atoms with Gasteiger partial charge in [-0.3, -0.25) is 0 Å². The molecule has 1 aliphatic rings. The van der Waals surface area contributed by atoms with E-state index in [4.69, 9.17) is 18.4 Å². The predicted molar refractivity (Wildman–Crippen MR) is 88.3 cm³/mol. The third-order valence-electron chi connectivity index (χ3n) is 3.98. The standard InChI is InChI=1S/C18H10F2N4O4/c19-11-3-10(4-12(20)6-11)18-23-22-16(27-18)7-15-21-17(24-28-15)9-1-2-13-14(5-9)26-8-25-13/h1-6H,7-8H2. The van der Waals surface area contributed by atoms with Gasteiger partial charge in [-0.2, -0.15) is 4.98 Å². The number of benzene rings is 2. The summed E-state index contributed by atoms with van der Waals surface area (Å²) in [5.41, 5.74) is 0.837. The minimum atomic E-state index is -0.736. The Balaban J connectivity index is 1.36. The molecule has 4 aromatic rings. The van der Waals surface area contributed by atoms with Crippen LogP contribution in [0, 0.1) is 11.6 Å². The smallest absolute Gasteiger partial charge is 0.247 e. The van der Waals surface area contributed by atoms with Gasteiger partial charge in [-0.25, -0.2) is 8.78 Å². The van der Waals surface area contributed by atoms with E-state index in [1.165, 1.54) is 0 Å². The summed E-state index contributed by atoms with van der Waals surface area (Å²) >= 11 is 0. The Bertz CT molecular complexity index is 1150. The molecule has 0 spiro atoms. The largest absolute Gasteiger partial charge is 0.454 e. The fourth-order valence-electron chi connectivity index (χ4n) is 2.73. The third-order valence-corrected chi connectivity index (χ3v) is 3.98. The van der Waals surface area contributed by atoms with Crippen molar-refractivity contribution in [3.63, 3.8) is 0 Å². The van der Waals surface area contributed by atoms with Gasteiger partial charge in [0.15, 0.2) is 11.5 Å². The zero-order valence-corrected chi connectivity index (χ0v) is 14.1. The maximum Gasteiger partial charge on any atom is 0.247 e. The van der Waals surface area contributed by atoms with Gasteiger partial charge in [0.1, 0.15) is 18.1 Å². The minimum absolute atomic E-state index is 0.0103. The van der Waals surface area contributed by atoms with Gasteiger partial charge < -0.3 is 18.4 Å². The van der Waals surface area contributed by atoms with E-state index >= 15 is 0 Å². The average Bonchev–Trinajstić information content (AvgIpc) is 3.41. The van der Waals surface area contributed by atoms with Crippen molar-refractivity contribution >= 4 is 0 Å². The number of hydrogen-bond donors (Lipinski definition) is 0. The summed E-state index contributed by atoms with van der Waals surface area (Å²) in [5.74, 6) is 0.547. The maximum atomic E-state index is 13.3. The van der Waals surface area contributed by atoms with E-state index in [1.54, 1.807) is 18.2 Å². The van der Waals surface area contributed by atoms with E-state index in [0.29, 0.717) is 22.9 Å². The fraction of sp³-hybridized carbons (Fsp3) is 0.111. The second kappa shape index (κ2) is 6.41. The molecule has 0 atom stereocenters. The molecule has 28 heavy (non-hydrogen) atoms. The van der Waals surface area contributed by atoms with Crippen molar-refractivity contribution in [3.05, 3.63) is 59.8 Å². The maximum absolute atomic E-state index is 13.3. The fourth-order valence-corrected chi connectivity index (χ4v) is 2.73. The van der Waals surface area contributed by atoms with Crippen LogP contribution in [-0.2, 0) is 6.42 Å². The molecule has 0 bridgehead atoms.